The lowest BCUT2D eigenvalue weighted by molar-refractivity contribution is -0.393. The molecule has 1 N–H and O–H groups in total. The highest BCUT2D eigenvalue weighted by Crippen LogP contribution is 2.36. The number of halogens is 1. The van der Waals surface area contributed by atoms with Crippen molar-refractivity contribution < 1.29 is 9.85 Å². The van der Waals surface area contributed by atoms with E-state index in [2.05, 4.69) is 15.5 Å². The summed E-state index contributed by atoms with van der Waals surface area (Å²) < 4.78 is 0. The van der Waals surface area contributed by atoms with Crippen LogP contribution in [0.25, 0.3) is 0 Å². The van der Waals surface area contributed by atoms with Crippen LogP contribution in [-0.2, 0) is 6.42 Å². The van der Waals surface area contributed by atoms with Gasteiger partial charge in [-0.25, -0.2) is 0 Å². The van der Waals surface area contributed by atoms with Crippen LogP contribution < -0.4 is 5.43 Å². The highest BCUT2D eigenvalue weighted by Gasteiger charge is 2.23. The number of hydrazone groups is 1. The number of nitrogens with zero attached hydrogens (tertiary/aromatic N) is 4. The van der Waals surface area contributed by atoms with Crippen LogP contribution in [0, 0.1) is 26.1 Å². The summed E-state index contributed by atoms with van der Waals surface area (Å²) in [7, 11) is 0. The van der Waals surface area contributed by atoms with Gasteiger partial charge in [0.2, 0.25) is 0 Å². The Hall–Kier alpha value is -3.07. The van der Waals surface area contributed by atoms with Gasteiger partial charge in [0, 0.05) is 30.1 Å². The minimum Gasteiger partial charge on any atom is -0.271 e. The van der Waals surface area contributed by atoms with E-state index in [9.17, 15) is 20.2 Å². The van der Waals surface area contributed by atoms with E-state index in [4.69, 9.17) is 11.6 Å². The molecule has 0 radical (unpaired) electrons. The third kappa shape index (κ3) is 5.20. The summed E-state index contributed by atoms with van der Waals surface area (Å²) in [5.41, 5.74) is 3.34. The van der Waals surface area contributed by atoms with Gasteiger partial charge in [0.05, 0.1) is 20.9 Å². The maximum Gasteiger partial charge on any atom is 0.302 e. The van der Waals surface area contributed by atoms with Crippen molar-refractivity contribution in [3.8, 4) is 0 Å². The van der Waals surface area contributed by atoms with Crippen molar-refractivity contribution in [1.29, 1.82) is 0 Å². The van der Waals surface area contributed by atoms with Crippen LogP contribution in [0.1, 0.15) is 25.8 Å². The zero-order valence-electron chi connectivity index (χ0n) is 14.8. The lowest BCUT2D eigenvalue weighted by atomic mass is 9.94. The minimum absolute atomic E-state index is 0.0807. The molecule has 0 amide bonds. The Morgan fingerprint density at radius 3 is 2.63 bits per heavy atom. The van der Waals surface area contributed by atoms with Crippen molar-refractivity contribution in [3.05, 3.63) is 67.5 Å². The molecule has 0 saturated heterocycles. The SMILES string of the molecule is CCC(Cc1cccnc1)/C(C)=N/Nc1c(Cl)cc([N+](=O)[O-])cc1[N+](=O)[O-]. The standard InChI is InChI=1S/C17H18ClN5O4/c1-3-13(7-12-5-4-6-19-10-12)11(2)20-21-17-15(18)8-14(22(24)25)9-16(17)23(26)27/h4-6,8-10,13,21H,3,7H2,1-2H3/b20-11+. The van der Waals surface area contributed by atoms with Gasteiger partial charge in [0.15, 0.2) is 5.69 Å². The van der Waals surface area contributed by atoms with Crippen molar-refractivity contribution >= 4 is 34.4 Å². The van der Waals surface area contributed by atoms with Crippen molar-refractivity contribution in [2.75, 3.05) is 5.43 Å². The first-order chi connectivity index (χ1) is 12.8. The Kier molecular flexibility index (Phi) is 6.78. The molecule has 0 aliphatic heterocycles. The molecule has 142 valence electrons. The molecular formula is C17H18ClN5O4. The van der Waals surface area contributed by atoms with E-state index < -0.39 is 21.2 Å². The summed E-state index contributed by atoms with van der Waals surface area (Å²) in [4.78, 5) is 24.7. The van der Waals surface area contributed by atoms with Crippen molar-refractivity contribution in [1.82, 2.24) is 4.98 Å². The van der Waals surface area contributed by atoms with Crippen molar-refractivity contribution in [2.24, 2.45) is 11.0 Å². The van der Waals surface area contributed by atoms with Gasteiger partial charge in [-0.3, -0.25) is 30.6 Å². The molecular weight excluding hydrogens is 374 g/mol. The fraction of sp³-hybridized carbons (Fsp3) is 0.294. The molecule has 1 atom stereocenters. The number of anilines is 1. The number of pyridine rings is 1. The predicted octanol–water partition coefficient (Wildman–Crippen LogP) is 4.61. The van der Waals surface area contributed by atoms with Crippen LogP contribution in [0.4, 0.5) is 17.1 Å². The largest absolute Gasteiger partial charge is 0.302 e. The molecule has 1 aromatic heterocycles. The number of rotatable bonds is 8. The number of hydrogen-bond donors (Lipinski definition) is 1. The maximum atomic E-state index is 11.3. The number of hydrogen-bond acceptors (Lipinski definition) is 7. The number of nitro groups is 2. The third-order valence-electron chi connectivity index (χ3n) is 4.09. The van der Waals surface area contributed by atoms with E-state index >= 15 is 0 Å². The van der Waals surface area contributed by atoms with E-state index in [0.29, 0.717) is 0 Å². The van der Waals surface area contributed by atoms with Crippen LogP contribution in [0.2, 0.25) is 5.02 Å². The van der Waals surface area contributed by atoms with E-state index in [-0.39, 0.29) is 16.6 Å². The molecule has 1 unspecified atom stereocenters. The Balaban J connectivity index is 2.27. The minimum atomic E-state index is -0.738. The molecule has 0 bridgehead atoms. The van der Waals surface area contributed by atoms with Gasteiger partial charge in [-0.2, -0.15) is 5.10 Å². The second kappa shape index (κ2) is 9.04. The van der Waals surface area contributed by atoms with Crippen molar-refractivity contribution in [2.45, 2.75) is 26.7 Å². The fourth-order valence-corrected chi connectivity index (χ4v) is 2.82. The smallest absolute Gasteiger partial charge is 0.271 e. The highest BCUT2D eigenvalue weighted by atomic mass is 35.5. The molecule has 0 aliphatic rings. The summed E-state index contributed by atoms with van der Waals surface area (Å²) in [5, 5.41) is 26.2. The third-order valence-corrected chi connectivity index (χ3v) is 4.39. The summed E-state index contributed by atoms with van der Waals surface area (Å²) in [6.45, 7) is 3.82. The lowest BCUT2D eigenvalue weighted by Crippen LogP contribution is -2.15. The van der Waals surface area contributed by atoms with Gasteiger partial charge in [0.25, 0.3) is 5.69 Å². The predicted molar refractivity (Wildman–Crippen MR) is 103 cm³/mol. The highest BCUT2D eigenvalue weighted by molar-refractivity contribution is 6.34. The Morgan fingerprint density at radius 2 is 2.07 bits per heavy atom. The topological polar surface area (TPSA) is 124 Å². The lowest BCUT2D eigenvalue weighted by Gasteiger charge is -2.15. The quantitative estimate of drug-likeness (QED) is 0.398. The maximum absolute atomic E-state index is 11.3. The van der Waals surface area contributed by atoms with Gasteiger partial charge in [-0.15, -0.1) is 0 Å². The fourth-order valence-electron chi connectivity index (χ4n) is 2.56. The molecule has 9 nitrogen and oxygen atoms in total. The monoisotopic (exact) mass is 391 g/mol. The summed E-state index contributed by atoms with van der Waals surface area (Å²) in [6.07, 6.45) is 5.00. The molecule has 0 fully saturated rings. The molecule has 1 heterocycles. The average Bonchev–Trinajstić information content (AvgIpc) is 2.64. The first kappa shape index (κ1) is 20.2. The van der Waals surface area contributed by atoms with E-state index in [1.807, 2.05) is 26.0 Å². The van der Waals surface area contributed by atoms with Crippen LogP contribution >= 0.6 is 11.6 Å². The van der Waals surface area contributed by atoms with E-state index in [1.54, 1.807) is 12.4 Å². The van der Waals surface area contributed by atoms with Gasteiger partial charge in [0.1, 0.15) is 0 Å². The molecule has 10 heteroatoms. The molecule has 0 aliphatic carbocycles. The zero-order chi connectivity index (χ0) is 20.0. The second-order valence-corrected chi connectivity index (χ2v) is 6.28. The van der Waals surface area contributed by atoms with Crippen LogP contribution in [0.15, 0.2) is 41.8 Å². The van der Waals surface area contributed by atoms with E-state index in [0.717, 1.165) is 36.2 Å². The number of benzene rings is 1. The average molecular weight is 392 g/mol. The summed E-state index contributed by atoms with van der Waals surface area (Å²) in [6, 6.07) is 5.72. The van der Waals surface area contributed by atoms with Gasteiger partial charge >= 0.3 is 5.69 Å². The molecule has 2 rings (SSSR count). The Morgan fingerprint density at radius 1 is 1.33 bits per heavy atom. The zero-order valence-corrected chi connectivity index (χ0v) is 15.5. The number of non-ortho nitro benzene ring substituents is 1. The second-order valence-electron chi connectivity index (χ2n) is 5.87. The van der Waals surface area contributed by atoms with Crippen LogP contribution in [-0.4, -0.2) is 20.5 Å². The van der Waals surface area contributed by atoms with E-state index in [1.165, 1.54) is 0 Å². The van der Waals surface area contributed by atoms with Gasteiger partial charge in [-0.1, -0.05) is 24.6 Å². The number of nitrogens with one attached hydrogen (secondary N) is 1. The van der Waals surface area contributed by atoms with Gasteiger partial charge < -0.3 is 0 Å². The summed E-state index contributed by atoms with van der Waals surface area (Å²) >= 11 is 6.00. The normalized spacial score (nSPS) is 12.5. The Bertz CT molecular complexity index is 873. The Labute approximate surface area is 160 Å². The molecule has 0 spiro atoms. The molecule has 27 heavy (non-hydrogen) atoms. The molecule has 0 saturated carbocycles. The first-order valence-corrected chi connectivity index (χ1v) is 8.52. The van der Waals surface area contributed by atoms with Crippen LogP contribution in [0.3, 0.4) is 0 Å². The molecule has 2 aromatic rings. The van der Waals surface area contributed by atoms with Gasteiger partial charge in [-0.05, 0) is 31.4 Å². The first-order valence-electron chi connectivity index (χ1n) is 8.14. The number of nitro benzene ring substituents is 2. The summed E-state index contributed by atoms with van der Waals surface area (Å²) in [5.74, 6) is 0.0950. The number of aromatic nitrogens is 1. The van der Waals surface area contributed by atoms with Crippen LogP contribution in [0.5, 0.6) is 0 Å². The van der Waals surface area contributed by atoms with Crippen molar-refractivity contribution in [3.63, 3.8) is 0 Å². The molecule has 1 aromatic carbocycles.